The number of morpholine rings is 1. The molecule has 0 unspecified atom stereocenters. The lowest BCUT2D eigenvalue weighted by atomic mass is 9.42. The van der Waals surface area contributed by atoms with Crippen LogP contribution in [-0.4, -0.2) is 61.8 Å². The number of carbonyl (C=O) groups excluding carboxylic acids is 1. The van der Waals surface area contributed by atoms with Gasteiger partial charge in [-0.25, -0.2) is 8.42 Å². The smallest absolute Gasteiger partial charge is 0.221 e. The Balaban J connectivity index is 1.22. The lowest BCUT2D eigenvalue weighted by Crippen LogP contribution is -2.56. The number of ether oxygens (including phenoxy) is 1. The second-order valence-electron chi connectivity index (χ2n) is 14.4. The van der Waals surface area contributed by atoms with Crippen LogP contribution < -0.4 is 0 Å². The maximum Gasteiger partial charge on any atom is 0.221 e. The summed E-state index contributed by atoms with van der Waals surface area (Å²) in [6.07, 6.45) is 12.0. The van der Waals surface area contributed by atoms with E-state index < -0.39 is 10.0 Å². The first-order valence-electron chi connectivity index (χ1n) is 15.7. The zero-order valence-electron chi connectivity index (χ0n) is 24.4. The molecule has 5 rings (SSSR count). The predicted octanol–water partition coefficient (Wildman–Crippen LogP) is 5.29. The van der Waals surface area contributed by atoms with E-state index in [9.17, 15) is 18.3 Å². The van der Waals surface area contributed by atoms with Gasteiger partial charge in [-0.15, -0.1) is 0 Å². The minimum Gasteiger partial charge on any atom is -0.393 e. The van der Waals surface area contributed by atoms with Gasteiger partial charge in [-0.05, 0) is 110 Å². The number of aliphatic hydroxyl groups excluding tert-OH is 1. The summed E-state index contributed by atoms with van der Waals surface area (Å²) in [6, 6.07) is 0. The van der Waals surface area contributed by atoms with Gasteiger partial charge in [0.25, 0.3) is 0 Å². The number of hydrogen-bond acceptors (Lipinski definition) is 5. The van der Waals surface area contributed by atoms with Crippen molar-refractivity contribution >= 4 is 15.8 Å². The fourth-order valence-electron chi connectivity index (χ4n) is 10.7. The SMILES string of the molecule is CC[C@H]1C[C@@H]2[C@H](CC[C@]3(C)[C@@H]([C@H](C)CCC(=O)CS(=O)(=O)N4CCOCC4)CC[C@@H]23)[C@@]2(C)CC[C@@H](O)C[C@@H]12. The molecule has 0 bridgehead atoms. The van der Waals surface area contributed by atoms with E-state index in [0.29, 0.717) is 61.3 Å². The molecule has 4 saturated carbocycles. The van der Waals surface area contributed by atoms with Gasteiger partial charge in [0.15, 0.2) is 0 Å². The summed E-state index contributed by atoms with van der Waals surface area (Å²) in [5, 5.41) is 10.5. The molecule has 0 aromatic rings. The summed E-state index contributed by atoms with van der Waals surface area (Å²) in [5.41, 5.74) is 0.714. The number of carbonyl (C=O) groups is 1. The Morgan fingerprint density at radius 1 is 1.00 bits per heavy atom. The van der Waals surface area contributed by atoms with Crippen molar-refractivity contribution in [3.63, 3.8) is 0 Å². The van der Waals surface area contributed by atoms with Crippen molar-refractivity contribution in [1.29, 1.82) is 0 Å². The van der Waals surface area contributed by atoms with Crippen LogP contribution in [0.4, 0.5) is 0 Å². The van der Waals surface area contributed by atoms with Gasteiger partial charge in [0.2, 0.25) is 10.0 Å². The first-order valence-corrected chi connectivity index (χ1v) is 17.4. The standard InChI is InChI=1S/C31H53NO5S/c1-5-22-18-25-27-9-8-26(21(2)6-7-24(34)20-38(35,36)32-14-16-37-17-15-32)30(27,3)13-11-28(25)31(4)12-10-23(33)19-29(22)31/h21-23,25-29,33H,5-20H2,1-4H3/t21-,22+,23-,25+,26-,27+,28+,29+,30-,31-/m1/s1. The molecule has 5 fully saturated rings. The van der Waals surface area contributed by atoms with Crippen LogP contribution in [0, 0.1) is 52.3 Å². The number of rotatable bonds is 8. The highest BCUT2D eigenvalue weighted by molar-refractivity contribution is 7.89. The molecule has 1 saturated heterocycles. The minimum atomic E-state index is -3.53. The molecule has 5 aliphatic rings. The molecular formula is C31H53NO5S. The fourth-order valence-corrected chi connectivity index (χ4v) is 12.1. The van der Waals surface area contributed by atoms with E-state index in [0.717, 1.165) is 42.9 Å². The van der Waals surface area contributed by atoms with Gasteiger partial charge in [0.1, 0.15) is 11.5 Å². The maximum atomic E-state index is 12.8. The van der Waals surface area contributed by atoms with Crippen LogP contribution in [0.15, 0.2) is 0 Å². The van der Waals surface area contributed by atoms with Gasteiger partial charge in [-0.2, -0.15) is 4.31 Å². The number of aliphatic hydroxyl groups is 1. The molecule has 1 heterocycles. The van der Waals surface area contributed by atoms with Gasteiger partial charge in [0, 0.05) is 19.5 Å². The molecule has 1 N–H and O–H groups in total. The Hall–Kier alpha value is -0.500. The van der Waals surface area contributed by atoms with Crippen molar-refractivity contribution in [2.24, 2.45) is 52.3 Å². The second kappa shape index (κ2) is 11.1. The van der Waals surface area contributed by atoms with Crippen LogP contribution in [0.25, 0.3) is 0 Å². The summed E-state index contributed by atoms with van der Waals surface area (Å²) in [6.45, 7) is 11.4. The van der Waals surface area contributed by atoms with E-state index in [1.165, 1.54) is 49.3 Å². The molecule has 0 amide bonds. The fraction of sp³-hybridized carbons (Fsp3) is 0.968. The molecular weight excluding hydrogens is 498 g/mol. The lowest BCUT2D eigenvalue weighted by molar-refractivity contribution is -0.152. The monoisotopic (exact) mass is 551 g/mol. The predicted molar refractivity (Wildman–Crippen MR) is 150 cm³/mol. The zero-order chi connectivity index (χ0) is 27.3. The highest BCUT2D eigenvalue weighted by Gasteiger charge is 2.62. The molecule has 10 atom stereocenters. The quantitative estimate of drug-likeness (QED) is 0.443. The third kappa shape index (κ3) is 5.16. The third-order valence-electron chi connectivity index (χ3n) is 12.7. The van der Waals surface area contributed by atoms with Crippen molar-refractivity contribution in [2.45, 2.75) is 104 Å². The molecule has 0 spiro atoms. The summed E-state index contributed by atoms with van der Waals surface area (Å²) in [7, 11) is -3.53. The Kier molecular flexibility index (Phi) is 8.44. The first kappa shape index (κ1) is 29.0. The Bertz CT molecular complexity index is 963. The van der Waals surface area contributed by atoms with Gasteiger partial charge >= 0.3 is 0 Å². The van der Waals surface area contributed by atoms with Crippen molar-refractivity contribution in [3.8, 4) is 0 Å². The van der Waals surface area contributed by atoms with Crippen molar-refractivity contribution in [1.82, 2.24) is 4.31 Å². The molecule has 4 aliphatic carbocycles. The summed E-state index contributed by atoms with van der Waals surface area (Å²) >= 11 is 0. The molecule has 1 aliphatic heterocycles. The first-order chi connectivity index (χ1) is 18.0. The number of sulfonamides is 1. The molecule has 38 heavy (non-hydrogen) atoms. The van der Waals surface area contributed by atoms with E-state index in [2.05, 4.69) is 27.7 Å². The van der Waals surface area contributed by atoms with E-state index >= 15 is 0 Å². The average molecular weight is 552 g/mol. The molecule has 7 heteroatoms. The molecule has 0 aromatic carbocycles. The summed E-state index contributed by atoms with van der Waals surface area (Å²) < 4.78 is 32.1. The van der Waals surface area contributed by atoms with E-state index in [-0.39, 0.29) is 17.6 Å². The van der Waals surface area contributed by atoms with E-state index in [1.807, 2.05) is 0 Å². The summed E-state index contributed by atoms with van der Waals surface area (Å²) in [4.78, 5) is 12.8. The van der Waals surface area contributed by atoms with Crippen LogP contribution >= 0.6 is 0 Å². The van der Waals surface area contributed by atoms with Gasteiger partial charge in [-0.3, -0.25) is 4.79 Å². The number of hydrogen-bond donors (Lipinski definition) is 1. The van der Waals surface area contributed by atoms with E-state index in [4.69, 9.17) is 4.74 Å². The Morgan fingerprint density at radius 3 is 2.39 bits per heavy atom. The number of fused-ring (bicyclic) bond motifs is 5. The Morgan fingerprint density at radius 2 is 1.68 bits per heavy atom. The lowest BCUT2D eigenvalue weighted by Gasteiger charge is -2.63. The molecule has 0 radical (unpaired) electrons. The number of ketones is 1. The number of nitrogens with zero attached hydrogens (tertiary/aromatic N) is 1. The van der Waals surface area contributed by atoms with Crippen LogP contribution in [0.1, 0.15) is 98.3 Å². The van der Waals surface area contributed by atoms with E-state index in [1.54, 1.807) is 0 Å². The number of Topliss-reactive ketones (excluding diaryl/α,β-unsaturated/α-hetero) is 1. The Labute approximate surface area is 231 Å². The normalized spacial score (nSPS) is 44.6. The second-order valence-corrected chi connectivity index (χ2v) is 16.3. The molecule has 6 nitrogen and oxygen atoms in total. The van der Waals surface area contributed by atoms with Gasteiger partial charge < -0.3 is 9.84 Å². The van der Waals surface area contributed by atoms with Crippen LogP contribution in [-0.2, 0) is 19.6 Å². The van der Waals surface area contributed by atoms with Crippen LogP contribution in [0.5, 0.6) is 0 Å². The van der Waals surface area contributed by atoms with Crippen molar-refractivity contribution in [3.05, 3.63) is 0 Å². The zero-order valence-corrected chi connectivity index (χ0v) is 25.2. The van der Waals surface area contributed by atoms with Gasteiger partial charge in [-0.1, -0.05) is 34.1 Å². The molecule has 0 aromatic heterocycles. The minimum absolute atomic E-state index is 0.101. The maximum absolute atomic E-state index is 12.8. The topological polar surface area (TPSA) is 83.9 Å². The highest BCUT2D eigenvalue weighted by Crippen LogP contribution is 2.69. The average Bonchev–Trinajstić information content (AvgIpc) is 3.25. The largest absolute Gasteiger partial charge is 0.393 e. The van der Waals surface area contributed by atoms with Crippen molar-refractivity contribution in [2.75, 3.05) is 32.1 Å². The molecule has 218 valence electrons. The highest BCUT2D eigenvalue weighted by atomic mass is 32.2. The van der Waals surface area contributed by atoms with Crippen LogP contribution in [0.2, 0.25) is 0 Å². The summed E-state index contributed by atoms with van der Waals surface area (Å²) in [5.74, 6) is 4.34. The third-order valence-corrected chi connectivity index (χ3v) is 14.5. The van der Waals surface area contributed by atoms with Crippen LogP contribution in [0.3, 0.4) is 0 Å². The van der Waals surface area contributed by atoms with Gasteiger partial charge in [0.05, 0.1) is 19.3 Å². The van der Waals surface area contributed by atoms with Crippen molar-refractivity contribution < 1.29 is 23.1 Å².